The van der Waals surface area contributed by atoms with Gasteiger partial charge in [0.2, 0.25) is 5.91 Å². The molecule has 0 bridgehead atoms. The van der Waals surface area contributed by atoms with Crippen LogP contribution in [0.1, 0.15) is 59.4 Å². The van der Waals surface area contributed by atoms with Crippen molar-refractivity contribution in [2.24, 2.45) is 0 Å². The first-order valence-corrected chi connectivity index (χ1v) is 13.1. The summed E-state index contributed by atoms with van der Waals surface area (Å²) in [5.41, 5.74) is 3.95. The van der Waals surface area contributed by atoms with Crippen LogP contribution in [0.3, 0.4) is 0 Å². The first-order valence-electron chi connectivity index (χ1n) is 13.1. The van der Waals surface area contributed by atoms with E-state index in [1.807, 2.05) is 48.7 Å². The van der Waals surface area contributed by atoms with Crippen molar-refractivity contribution in [2.45, 2.75) is 38.8 Å². The number of ketones is 1. The maximum atomic E-state index is 14.9. The van der Waals surface area contributed by atoms with E-state index in [0.717, 1.165) is 22.0 Å². The minimum atomic E-state index is -0.802. The third kappa shape index (κ3) is 5.38. The Balaban J connectivity index is 1.42. The van der Waals surface area contributed by atoms with Crippen LogP contribution in [-0.4, -0.2) is 29.7 Å². The second-order valence-corrected chi connectivity index (χ2v) is 10.0. The molecule has 4 aromatic rings. The molecule has 3 N–H and O–H groups in total. The van der Waals surface area contributed by atoms with Crippen molar-refractivity contribution in [1.82, 2.24) is 15.6 Å². The fourth-order valence-corrected chi connectivity index (χ4v) is 5.28. The lowest BCUT2D eigenvalue weighted by Crippen LogP contribution is -2.37. The predicted octanol–water partition coefficient (Wildman–Crippen LogP) is 5.50. The average Bonchev–Trinajstić information content (AvgIpc) is 3.40. The Morgan fingerprint density at radius 3 is 2.70 bits per heavy atom. The second-order valence-electron chi connectivity index (χ2n) is 10.0. The van der Waals surface area contributed by atoms with Crippen LogP contribution in [0.5, 0.6) is 5.75 Å². The summed E-state index contributed by atoms with van der Waals surface area (Å²) in [6.07, 6.45) is 2.08. The smallest absolute Gasteiger partial charge is 0.254 e. The van der Waals surface area contributed by atoms with Gasteiger partial charge in [0.05, 0.1) is 24.8 Å². The van der Waals surface area contributed by atoms with E-state index < -0.39 is 23.8 Å². The van der Waals surface area contributed by atoms with E-state index >= 15 is 0 Å². The second kappa shape index (κ2) is 11.2. The van der Waals surface area contributed by atoms with Gasteiger partial charge < -0.3 is 20.4 Å². The van der Waals surface area contributed by atoms with Crippen LogP contribution >= 0.6 is 0 Å². The topological polar surface area (TPSA) is 100 Å². The van der Waals surface area contributed by atoms with Crippen LogP contribution in [0.25, 0.3) is 10.9 Å². The maximum absolute atomic E-state index is 14.9. The number of nitrogens with one attached hydrogen (secondary N) is 3. The van der Waals surface area contributed by atoms with Gasteiger partial charge in [-0.05, 0) is 66.8 Å². The van der Waals surface area contributed by atoms with E-state index in [1.165, 1.54) is 18.2 Å². The Labute approximate surface area is 231 Å². The summed E-state index contributed by atoms with van der Waals surface area (Å²) >= 11 is 0. The predicted molar refractivity (Wildman–Crippen MR) is 150 cm³/mol. The van der Waals surface area contributed by atoms with Gasteiger partial charge in [-0.2, -0.15) is 0 Å². The number of amides is 2. The first-order chi connectivity index (χ1) is 19.2. The van der Waals surface area contributed by atoms with Crippen LogP contribution in [0.4, 0.5) is 4.39 Å². The van der Waals surface area contributed by atoms with E-state index in [-0.39, 0.29) is 30.1 Å². The monoisotopic (exact) mass is 539 g/mol. The van der Waals surface area contributed by atoms with Gasteiger partial charge in [-0.1, -0.05) is 35.9 Å². The van der Waals surface area contributed by atoms with E-state index in [0.29, 0.717) is 22.5 Å². The van der Waals surface area contributed by atoms with Crippen LogP contribution in [0.15, 0.2) is 84.1 Å². The van der Waals surface area contributed by atoms with Gasteiger partial charge in [-0.15, -0.1) is 0 Å². The average molecular weight is 540 g/mol. The Hall–Kier alpha value is -4.72. The molecule has 0 fully saturated rings. The van der Waals surface area contributed by atoms with Gasteiger partial charge in [-0.3, -0.25) is 14.4 Å². The SMILES string of the molecule is COc1ccccc1C(C)NC(=O)c1cc(C2NC(=O)CC(C)=C2C(=O)Cc2ccc3[nH]ccc3c2)ccc1F. The van der Waals surface area contributed by atoms with Crippen molar-refractivity contribution < 1.29 is 23.5 Å². The molecule has 2 atom stereocenters. The van der Waals surface area contributed by atoms with Gasteiger partial charge in [0.15, 0.2) is 5.78 Å². The van der Waals surface area contributed by atoms with Gasteiger partial charge in [0, 0.05) is 35.7 Å². The lowest BCUT2D eigenvalue weighted by atomic mass is 9.85. The number of aromatic amines is 1. The molecule has 40 heavy (non-hydrogen) atoms. The Morgan fingerprint density at radius 1 is 1.10 bits per heavy atom. The molecule has 0 saturated heterocycles. The van der Waals surface area contributed by atoms with Crippen LogP contribution in [-0.2, 0) is 16.0 Å². The highest BCUT2D eigenvalue weighted by Gasteiger charge is 2.32. The summed E-state index contributed by atoms with van der Waals surface area (Å²) in [7, 11) is 1.54. The van der Waals surface area contributed by atoms with Crippen molar-refractivity contribution in [1.29, 1.82) is 0 Å². The zero-order chi connectivity index (χ0) is 28.4. The number of fused-ring (bicyclic) bond motifs is 1. The molecular weight excluding hydrogens is 509 g/mol. The molecule has 2 heterocycles. The molecule has 2 amide bonds. The fraction of sp³-hybridized carbons (Fsp3) is 0.219. The Kier molecular flexibility index (Phi) is 7.51. The van der Waals surface area contributed by atoms with E-state index in [1.54, 1.807) is 27.0 Å². The number of para-hydroxylation sites is 1. The summed E-state index contributed by atoms with van der Waals surface area (Å²) in [5.74, 6) is -1.10. The molecular formula is C32H30FN3O4. The largest absolute Gasteiger partial charge is 0.496 e. The molecule has 3 aromatic carbocycles. The molecule has 1 aromatic heterocycles. The highest BCUT2D eigenvalue weighted by molar-refractivity contribution is 6.02. The molecule has 0 radical (unpaired) electrons. The molecule has 0 saturated carbocycles. The summed E-state index contributed by atoms with van der Waals surface area (Å²) < 4.78 is 20.3. The highest BCUT2D eigenvalue weighted by atomic mass is 19.1. The Bertz CT molecular complexity index is 1650. The number of Topliss-reactive ketones (excluding diaryl/α,β-unsaturated/α-hetero) is 1. The molecule has 204 valence electrons. The number of hydrogen-bond acceptors (Lipinski definition) is 4. The van der Waals surface area contributed by atoms with Crippen molar-refractivity contribution >= 4 is 28.5 Å². The van der Waals surface area contributed by atoms with Crippen molar-refractivity contribution in [3.05, 3.63) is 112 Å². The molecule has 2 unspecified atom stereocenters. The fourth-order valence-electron chi connectivity index (χ4n) is 5.28. The standard InChI is InChI=1S/C32H30FN3O4/c1-18-14-29(38)36-31(30(18)27(37)16-20-8-11-26-21(15-20)12-13-34-26)22-9-10-25(33)24(17-22)32(39)35-19(2)23-6-4-5-7-28(23)40-3/h4-13,15,17,19,31,34H,14,16H2,1-3H3,(H,35,39)(H,36,38). The number of aromatic nitrogens is 1. The summed E-state index contributed by atoms with van der Waals surface area (Å²) in [4.78, 5) is 42.5. The lowest BCUT2D eigenvalue weighted by Gasteiger charge is -2.28. The molecule has 0 spiro atoms. The number of benzene rings is 3. The number of halogens is 1. The summed E-state index contributed by atoms with van der Waals surface area (Å²) in [6.45, 7) is 3.55. The molecule has 7 nitrogen and oxygen atoms in total. The lowest BCUT2D eigenvalue weighted by molar-refractivity contribution is -0.121. The van der Waals surface area contributed by atoms with E-state index in [2.05, 4.69) is 15.6 Å². The van der Waals surface area contributed by atoms with Crippen molar-refractivity contribution in [3.8, 4) is 5.75 Å². The molecule has 1 aliphatic heterocycles. The van der Waals surface area contributed by atoms with Crippen LogP contribution < -0.4 is 15.4 Å². The van der Waals surface area contributed by atoms with E-state index in [9.17, 15) is 18.8 Å². The summed E-state index contributed by atoms with van der Waals surface area (Å²) in [6, 6.07) is 17.8. The van der Waals surface area contributed by atoms with Gasteiger partial charge in [0.1, 0.15) is 11.6 Å². The van der Waals surface area contributed by atoms with Gasteiger partial charge in [-0.25, -0.2) is 4.39 Å². The third-order valence-corrected chi connectivity index (χ3v) is 7.28. The number of methoxy groups -OCH3 is 1. The van der Waals surface area contributed by atoms with Gasteiger partial charge >= 0.3 is 0 Å². The Morgan fingerprint density at radius 2 is 1.90 bits per heavy atom. The van der Waals surface area contributed by atoms with Crippen molar-refractivity contribution in [2.75, 3.05) is 7.11 Å². The zero-order valence-electron chi connectivity index (χ0n) is 22.5. The normalized spacial score (nSPS) is 16.0. The van der Waals surface area contributed by atoms with Crippen LogP contribution in [0.2, 0.25) is 0 Å². The van der Waals surface area contributed by atoms with E-state index in [4.69, 9.17) is 4.74 Å². The quantitative estimate of drug-likeness (QED) is 0.275. The molecule has 8 heteroatoms. The van der Waals surface area contributed by atoms with Crippen LogP contribution in [0, 0.1) is 5.82 Å². The third-order valence-electron chi connectivity index (χ3n) is 7.28. The minimum absolute atomic E-state index is 0.0966. The first kappa shape index (κ1) is 26.9. The number of ether oxygens (including phenoxy) is 1. The molecule has 1 aliphatic rings. The zero-order valence-corrected chi connectivity index (χ0v) is 22.5. The maximum Gasteiger partial charge on any atom is 0.254 e. The number of carbonyl (C=O) groups excluding carboxylic acids is 3. The molecule has 5 rings (SSSR count). The minimum Gasteiger partial charge on any atom is -0.496 e. The van der Waals surface area contributed by atoms with Gasteiger partial charge in [0.25, 0.3) is 5.91 Å². The number of carbonyl (C=O) groups is 3. The number of H-pyrrole nitrogens is 1. The van der Waals surface area contributed by atoms with Crippen molar-refractivity contribution in [3.63, 3.8) is 0 Å². The number of rotatable bonds is 8. The molecule has 0 aliphatic carbocycles. The number of hydrogen-bond donors (Lipinski definition) is 3. The highest BCUT2D eigenvalue weighted by Crippen LogP contribution is 2.33. The summed E-state index contributed by atoms with van der Waals surface area (Å²) in [5, 5.41) is 6.71.